The molecule has 0 aromatic carbocycles. The number of carbonyl (C=O) groups excluding carboxylic acids is 1. The predicted molar refractivity (Wildman–Crippen MR) is 97.8 cm³/mol. The van der Waals surface area contributed by atoms with Crippen molar-refractivity contribution >= 4 is 5.91 Å². The second kappa shape index (κ2) is 7.63. The third kappa shape index (κ3) is 3.31. The van der Waals surface area contributed by atoms with Crippen LogP contribution in [-0.2, 0) is 6.54 Å². The molecule has 2 aromatic heterocycles. The Bertz CT molecular complexity index is 853. The summed E-state index contributed by atoms with van der Waals surface area (Å²) in [5, 5.41) is 16.0. The first-order chi connectivity index (χ1) is 12.3. The van der Waals surface area contributed by atoms with Crippen LogP contribution < -0.4 is 10.4 Å². The molecule has 8 nitrogen and oxygen atoms in total. The van der Waals surface area contributed by atoms with Crippen molar-refractivity contribution in [2.45, 2.75) is 54.1 Å². The largest absolute Gasteiger partial charge is 0.502 e. The van der Waals surface area contributed by atoms with Crippen LogP contribution in [0.4, 0.5) is 0 Å². The molecule has 8 heteroatoms. The second-order valence-corrected chi connectivity index (χ2v) is 6.21. The maximum absolute atomic E-state index is 12.6. The van der Waals surface area contributed by atoms with Gasteiger partial charge in [-0.2, -0.15) is 0 Å². The number of pyridine rings is 1. The average Bonchev–Trinajstić information content (AvgIpc) is 2.93. The third-order valence-electron chi connectivity index (χ3n) is 4.35. The van der Waals surface area contributed by atoms with Gasteiger partial charge in [-0.3, -0.25) is 19.3 Å². The van der Waals surface area contributed by atoms with Crippen molar-refractivity contribution in [2.75, 3.05) is 11.7 Å². The van der Waals surface area contributed by atoms with E-state index in [1.165, 1.54) is 16.9 Å². The van der Waals surface area contributed by atoms with E-state index in [1.54, 1.807) is 4.90 Å². The molecule has 0 fully saturated rings. The van der Waals surface area contributed by atoms with E-state index in [4.69, 9.17) is 4.52 Å². The number of carbonyl (C=O) groups is 1. The Kier molecular flexibility index (Phi) is 5.74. The van der Waals surface area contributed by atoms with Crippen molar-refractivity contribution < 1.29 is 14.4 Å². The lowest BCUT2D eigenvalue weighted by molar-refractivity contribution is 0.0627. The van der Waals surface area contributed by atoms with Gasteiger partial charge in [0.05, 0.1) is 6.54 Å². The molecule has 1 aliphatic rings. The van der Waals surface area contributed by atoms with E-state index in [0.29, 0.717) is 13.2 Å². The highest BCUT2D eigenvalue weighted by Gasteiger charge is 2.34. The van der Waals surface area contributed by atoms with E-state index in [-0.39, 0.29) is 17.6 Å². The van der Waals surface area contributed by atoms with Crippen molar-refractivity contribution in [1.82, 2.24) is 14.7 Å². The fourth-order valence-corrected chi connectivity index (χ4v) is 2.70. The van der Waals surface area contributed by atoms with Gasteiger partial charge < -0.3 is 14.5 Å². The molecule has 0 saturated heterocycles. The number of amides is 1. The Morgan fingerprint density at radius 2 is 1.92 bits per heavy atom. The Morgan fingerprint density at radius 3 is 2.46 bits per heavy atom. The van der Waals surface area contributed by atoms with Gasteiger partial charge in [0.2, 0.25) is 5.43 Å². The molecular formula is C18H26N4O4. The normalized spacial score (nSPS) is 13.6. The van der Waals surface area contributed by atoms with Gasteiger partial charge in [0.25, 0.3) is 5.91 Å². The molecule has 0 spiro atoms. The number of rotatable bonds is 3. The SMILES string of the molecule is CC.Cc1onc(CN2CN(C(C)C)C(=O)c3c(O)c(=O)ccn32)c1C. The fourth-order valence-electron chi connectivity index (χ4n) is 2.70. The Hall–Kier alpha value is -2.77. The van der Waals surface area contributed by atoms with Gasteiger partial charge >= 0.3 is 0 Å². The summed E-state index contributed by atoms with van der Waals surface area (Å²) in [5.41, 5.74) is 1.08. The van der Waals surface area contributed by atoms with Crippen LogP contribution in [-0.4, -0.2) is 38.5 Å². The van der Waals surface area contributed by atoms with Gasteiger partial charge in [0, 0.05) is 23.9 Å². The smallest absolute Gasteiger partial charge is 0.278 e. The maximum atomic E-state index is 12.6. The molecular weight excluding hydrogens is 336 g/mol. The van der Waals surface area contributed by atoms with Gasteiger partial charge in [-0.05, 0) is 27.7 Å². The van der Waals surface area contributed by atoms with Crippen molar-refractivity contribution in [3.8, 4) is 5.75 Å². The van der Waals surface area contributed by atoms with Crippen molar-refractivity contribution in [3.63, 3.8) is 0 Å². The summed E-state index contributed by atoms with van der Waals surface area (Å²) >= 11 is 0. The zero-order valence-electron chi connectivity index (χ0n) is 16.1. The summed E-state index contributed by atoms with van der Waals surface area (Å²) in [6.07, 6.45) is 1.50. The minimum atomic E-state index is -0.575. The van der Waals surface area contributed by atoms with Gasteiger partial charge in [-0.15, -0.1) is 0 Å². The van der Waals surface area contributed by atoms with Crippen molar-refractivity contribution in [3.05, 3.63) is 45.2 Å². The molecule has 3 heterocycles. The topological polar surface area (TPSA) is 91.8 Å². The monoisotopic (exact) mass is 362 g/mol. The summed E-state index contributed by atoms with van der Waals surface area (Å²) in [5.74, 6) is -0.169. The molecule has 0 radical (unpaired) electrons. The first kappa shape index (κ1) is 19.6. The summed E-state index contributed by atoms with van der Waals surface area (Å²) in [6, 6.07) is 1.16. The Morgan fingerprint density at radius 1 is 1.27 bits per heavy atom. The summed E-state index contributed by atoms with van der Waals surface area (Å²) in [7, 11) is 0. The molecule has 1 amide bonds. The number of aryl methyl sites for hydroxylation is 1. The van der Waals surface area contributed by atoms with Crippen LogP contribution >= 0.6 is 0 Å². The summed E-state index contributed by atoms with van der Waals surface area (Å²) < 4.78 is 6.71. The lowest BCUT2D eigenvalue weighted by Gasteiger charge is -2.41. The van der Waals surface area contributed by atoms with Crippen molar-refractivity contribution in [2.24, 2.45) is 0 Å². The number of hydrogen-bond donors (Lipinski definition) is 1. The van der Waals surface area contributed by atoms with Gasteiger partial charge in [0.15, 0.2) is 11.4 Å². The van der Waals surface area contributed by atoms with E-state index in [2.05, 4.69) is 5.16 Å². The highest BCUT2D eigenvalue weighted by molar-refractivity contribution is 5.96. The molecule has 142 valence electrons. The lowest BCUT2D eigenvalue weighted by atomic mass is 10.2. The molecule has 3 rings (SSSR count). The van der Waals surface area contributed by atoms with Crippen LogP contribution in [0, 0.1) is 13.8 Å². The van der Waals surface area contributed by atoms with Crippen LogP contribution in [0.25, 0.3) is 0 Å². The van der Waals surface area contributed by atoms with E-state index in [0.717, 1.165) is 17.0 Å². The van der Waals surface area contributed by atoms with Crippen LogP contribution in [0.3, 0.4) is 0 Å². The van der Waals surface area contributed by atoms with E-state index in [1.807, 2.05) is 46.6 Å². The second-order valence-electron chi connectivity index (χ2n) is 6.21. The quantitative estimate of drug-likeness (QED) is 0.899. The van der Waals surface area contributed by atoms with Gasteiger partial charge in [-0.1, -0.05) is 19.0 Å². The number of aromatic hydroxyl groups is 1. The number of aromatic nitrogens is 2. The van der Waals surface area contributed by atoms with E-state index in [9.17, 15) is 14.7 Å². The minimum Gasteiger partial charge on any atom is -0.502 e. The average molecular weight is 362 g/mol. The van der Waals surface area contributed by atoms with Gasteiger partial charge in [0.1, 0.15) is 18.1 Å². The van der Waals surface area contributed by atoms with Crippen LogP contribution in [0.1, 0.15) is 55.2 Å². The Labute approximate surface area is 152 Å². The zero-order chi connectivity index (χ0) is 19.6. The molecule has 26 heavy (non-hydrogen) atoms. The first-order valence-electron chi connectivity index (χ1n) is 8.73. The predicted octanol–water partition coefficient (Wildman–Crippen LogP) is 2.14. The highest BCUT2D eigenvalue weighted by Crippen LogP contribution is 2.23. The van der Waals surface area contributed by atoms with Crippen LogP contribution in [0.2, 0.25) is 0 Å². The van der Waals surface area contributed by atoms with Crippen molar-refractivity contribution in [1.29, 1.82) is 0 Å². The number of hydrogen-bond acceptors (Lipinski definition) is 6. The van der Waals surface area contributed by atoms with Crippen LogP contribution in [0.15, 0.2) is 21.6 Å². The first-order valence-corrected chi connectivity index (χ1v) is 8.73. The molecule has 0 aliphatic carbocycles. The van der Waals surface area contributed by atoms with Gasteiger partial charge in [-0.25, -0.2) is 0 Å². The van der Waals surface area contributed by atoms with E-state index >= 15 is 0 Å². The molecule has 2 aromatic rings. The summed E-state index contributed by atoms with van der Waals surface area (Å²) in [4.78, 5) is 26.0. The Balaban J connectivity index is 0.00000117. The molecule has 1 aliphatic heterocycles. The molecule has 0 unspecified atom stereocenters. The number of fused-ring (bicyclic) bond motifs is 1. The molecule has 0 atom stereocenters. The molecule has 0 bridgehead atoms. The van der Waals surface area contributed by atoms with Crippen LogP contribution in [0.5, 0.6) is 5.75 Å². The zero-order valence-corrected chi connectivity index (χ0v) is 16.1. The molecule has 1 N–H and O–H groups in total. The van der Waals surface area contributed by atoms with E-state index < -0.39 is 11.2 Å². The third-order valence-corrected chi connectivity index (χ3v) is 4.35. The standard InChI is InChI=1S/C16H20N4O4.C2H6/c1-9(2)19-8-18(7-12-10(3)11(4)24-17-12)20-6-5-13(21)15(22)14(20)16(19)23;1-2/h5-6,9,22H,7-8H2,1-4H3;1-2H3. The highest BCUT2D eigenvalue weighted by atomic mass is 16.5. The fraction of sp³-hybridized carbons (Fsp3) is 0.500. The molecule has 0 saturated carbocycles. The number of nitrogens with zero attached hydrogens (tertiary/aromatic N) is 4. The minimum absolute atomic E-state index is 0.0275. The summed E-state index contributed by atoms with van der Waals surface area (Å²) in [6.45, 7) is 12.2. The maximum Gasteiger partial charge on any atom is 0.278 e. The lowest BCUT2D eigenvalue weighted by Crippen LogP contribution is -2.55.